The fourth-order valence-electron chi connectivity index (χ4n) is 1.61. The molecule has 0 amide bonds. The summed E-state index contributed by atoms with van der Waals surface area (Å²) in [5.74, 6) is 1.96. The van der Waals surface area contributed by atoms with Gasteiger partial charge in [0.1, 0.15) is 5.82 Å². The van der Waals surface area contributed by atoms with E-state index < -0.39 is 0 Å². The summed E-state index contributed by atoms with van der Waals surface area (Å²) in [5, 5.41) is 0. The third kappa shape index (κ3) is 1.70. The molecule has 1 fully saturated rings. The number of aromatic nitrogens is 1. The Labute approximate surface area is 87.1 Å². The van der Waals surface area contributed by atoms with Crippen molar-refractivity contribution in [1.82, 2.24) is 4.98 Å². The molecule has 0 atom stereocenters. The van der Waals surface area contributed by atoms with E-state index in [0.717, 1.165) is 29.3 Å². The molecule has 1 saturated heterocycles. The third-order valence-corrected chi connectivity index (χ3v) is 3.19. The molecule has 0 bridgehead atoms. The van der Waals surface area contributed by atoms with Gasteiger partial charge in [0.15, 0.2) is 0 Å². The zero-order valence-corrected chi connectivity index (χ0v) is 9.29. The molecule has 2 rings (SSSR count). The van der Waals surface area contributed by atoms with E-state index in [1.165, 1.54) is 6.42 Å². The average molecular weight is 241 g/mol. The Morgan fingerprint density at radius 3 is 3.00 bits per heavy atom. The van der Waals surface area contributed by atoms with Crippen LogP contribution in [-0.4, -0.2) is 18.1 Å². The predicted molar refractivity (Wildman–Crippen MR) is 57.9 cm³/mol. The largest absolute Gasteiger partial charge is 0.355 e. The molecule has 1 aliphatic rings. The zero-order chi connectivity index (χ0) is 9.26. The van der Waals surface area contributed by atoms with Crippen molar-refractivity contribution in [2.45, 2.75) is 13.3 Å². The Bertz CT molecular complexity index is 295. The lowest BCUT2D eigenvalue weighted by Gasteiger charge is -2.40. The molecule has 1 aromatic rings. The Morgan fingerprint density at radius 2 is 2.38 bits per heavy atom. The summed E-state index contributed by atoms with van der Waals surface area (Å²) >= 11 is 3.51. The van der Waals surface area contributed by atoms with Gasteiger partial charge < -0.3 is 4.90 Å². The summed E-state index contributed by atoms with van der Waals surface area (Å²) < 4.78 is 1.10. The van der Waals surface area contributed by atoms with E-state index in [9.17, 15) is 0 Å². The maximum Gasteiger partial charge on any atom is 0.142 e. The summed E-state index contributed by atoms with van der Waals surface area (Å²) in [6.45, 7) is 4.56. The van der Waals surface area contributed by atoms with Crippen LogP contribution >= 0.6 is 15.9 Å². The molecule has 0 aliphatic carbocycles. The molecule has 0 aromatic carbocycles. The number of anilines is 1. The summed E-state index contributed by atoms with van der Waals surface area (Å²) in [5.41, 5.74) is 0. The van der Waals surface area contributed by atoms with E-state index in [4.69, 9.17) is 0 Å². The van der Waals surface area contributed by atoms with Crippen LogP contribution < -0.4 is 4.90 Å². The summed E-state index contributed by atoms with van der Waals surface area (Å²) in [6, 6.07) is 3.99. The molecule has 2 nitrogen and oxygen atoms in total. The third-order valence-electron chi connectivity index (χ3n) is 2.57. The van der Waals surface area contributed by atoms with Crippen LogP contribution in [0.25, 0.3) is 0 Å². The molecule has 0 radical (unpaired) electrons. The van der Waals surface area contributed by atoms with Gasteiger partial charge in [-0.05, 0) is 40.4 Å². The van der Waals surface area contributed by atoms with Gasteiger partial charge in [-0.3, -0.25) is 0 Å². The molecule has 3 heteroatoms. The Hall–Kier alpha value is -0.570. The molecule has 70 valence electrons. The van der Waals surface area contributed by atoms with Gasteiger partial charge in [-0.2, -0.15) is 0 Å². The minimum absolute atomic E-state index is 0.869. The SMILES string of the molecule is CCC1CN(c2ncccc2Br)C1. The number of pyridine rings is 1. The van der Waals surface area contributed by atoms with Crippen LogP contribution in [0.4, 0.5) is 5.82 Å². The van der Waals surface area contributed by atoms with Gasteiger partial charge in [0, 0.05) is 19.3 Å². The fraction of sp³-hybridized carbons (Fsp3) is 0.500. The normalized spacial score (nSPS) is 17.2. The predicted octanol–water partition coefficient (Wildman–Crippen LogP) is 2.69. The molecular weight excluding hydrogens is 228 g/mol. The minimum Gasteiger partial charge on any atom is -0.355 e. The zero-order valence-electron chi connectivity index (χ0n) is 7.70. The van der Waals surface area contributed by atoms with Gasteiger partial charge in [-0.1, -0.05) is 6.92 Å². The molecule has 0 N–H and O–H groups in total. The first-order chi connectivity index (χ1) is 6.31. The highest BCUT2D eigenvalue weighted by atomic mass is 79.9. The maximum absolute atomic E-state index is 4.35. The molecule has 1 aliphatic heterocycles. The molecule has 2 heterocycles. The molecule has 0 saturated carbocycles. The highest BCUT2D eigenvalue weighted by molar-refractivity contribution is 9.10. The highest BCUT2D eigenvalue weighted by Crippen LogP contribution is 2.29. The van der Waals surface area contributed by atoms with Crippen molar-refractivity contribution < 1.29 is 0 Å². The molecule has 0 spiro atoms. The van der Waals surface area contributed by atoms with Crippen LogP contribution in [0.3, 0.4) is 0 Å². The average Bonchev–Trinajstić information content (AvgIpc) is 2.06. The van der Waals surface area contributed by atoms with Crippen LogP contribution in [0.5, 0.6) is 0 Å². The molecular formula is C10H13BrN2. The fourth-order valence-corrected chi connectivity index (χ4v) is 2.12. The van der Waals surface area contributed by atoms with E-state index in [2.05, 4.69) is 32.7 Å². The number of hydrogen-bond acceptors (Lipinski definition) is 2. The second kappa shape index (κ2) is 3.66. The molecule has 0 unspecified atom stereocenters. The number of rotatable bonds is 2. The standard InChI is InChI=1S/C10H13BrN2/c1-2-8-6-13(7-8)10-9(11)4-3-5-12-10/h3-5,8H,2,6-7H2,1H3. The van der Waals surface area contributed by atoms with Crippen LogP contribution in [-0.2, 0) is 0 Å². The van der Waals surface area contributed by atoms with E-state index in [0.29, 0.717) is 0 Å². The van der Waals surface area contributed by atoms with E-state index in [1.54, 1.807) is 0 Å². The highest BCUT2D eigenvalue weighted by Gasteiger charge is 2.26. The van der Waals surface area contributed by atoms with Crippen LogP contribution in [0, 0.1) is 5.92 Å². The lowest BCUT2D eigenvalue weighted by Crippen LogP contribution is -2.46. The van der Waals surface area contributed by atoms with Gasteiger partial charge in [-0.15, -0.1) is 0 Å². The second-order valence-electron chi connectivity index (χ2n) is 3.49. The van der Waals surface area contributed by atoms with Crippen molar-refractivity contribution in [3.05, 3.63) is 22.8 Å². The Kier molecular flexibility index (Phi) is 2.54. The van der Waals surface area contributed by atoms with E-state index >= 15 is 0 Å². The van der Waals surface area contributed by atoms with Gasteiger partial charge in [-0.25, -0.2) is 4.98 Å². The van der Waals surface area contributed by atoms with Crippen molar-refractivity contribution in [2.75, 3.05) is 18.0 Å². The lowest BCUT2D eigenvalue weighted by molar-refractivity contribution is 0.395. The first-order valence-electron chi connectivity index (χ1n) is 4.66. The van der Waals surface area contributed by atoms with Crippen molar-refractivity contribution in [3.63, 3.8) is 0 Å². The quantitative estimate of drug-likeness (QED) is 0.791. The first kappa shape index (κ1) is 9.00. The van der Waals surface area contributed by atoms with E-state index in [1.807, 2.05) is 18.3 Å². The number of halogens is 1. The van der Waals surface area contributed by atoms with Crippen LogP contribution in [0.15, 0.2) is 22.8 Å². The topological polar surface area (TPSA) is 16.1 Å². The lowest BCUT2D eigenvalue weighted by atomic mass is 9.97. The summed E-state index contributed by atoms with van der Waals surface area (Å²) in [4.78, 5) is 6.67. The number of nitrogens with zero attached hydrogens (tertiary/aromatic N) is 2. The van der Waals surface area contributed by atoms with Crippen molar-refractivity contribution in [3.8, 4) is 0 Å². The monoisotopic (exact) mass is 240 g/mol. The van der Waals surface area contributed by atoms with Crippen LogP contribution in [0.2, 0.25) is 0 Å². The molecule has 1 aromatic heterocycles. The van der Waals surface area contributed by atoms with Gasteiger partial charge >= 0.3 is 0 Å². The summed E-state index contributed by atoms with van der Waals surface area (Å²) in [7, 11) is 0. The second-order valence-corrected chi connectivity index (χ2v) is 4.34. The van der Waals surface area contributed by atoms with Gasteiger partial charge in [0.25, 0.3) is 0 Å². The minimum atomic E-state index is 0.869. The first-order valence-corrected chi connectivity index (χ1v) is 5.46. The van der Waals surface area contributed by atoms with E-state index in [-0.39, 0.29) is 0 Å². The van der Waals surface area contributed by atoms with Gasteiger partial charge in [0.05, 0.1) is 4.47 Å². The van der Waals surface area contributed by atoms with Crippen molar-refractivity contribution in [1.29, 1.82) is 0 Å². The summed E-state index contributed by atoms with van der Waals surface area (Å²) in [6.07, 6.45) is 3.13. The molecule has 13 heavy (non-hydrogen) atoms. The Morgan fingerprint density at radius 1 is 1.62 bits per heavy atom. The van der Waals surface area contributed by atoms with Crippen molar-refractivity contribution >= 4 is 21.7 Å². The van der Waals surface area contributed by atoms with Crippen LogP contribution in [0.1, 0.15) is 13.3 Å². The number of hydrogen-bond donors (Lipinski definition) is 0. The maximum atomic E-state index is 4.35. The van der Waals surface area contributed by atoms with Crippen molar-refractivity contribution in [2.24, 2.45) is 5.92 Å². The van der Waals surface area contributed by atoms with Gasteiger partial charge in [0.2, 0.25) is 0 Å². The Balaban J connectivity index is 2.07. The smallest absolute Gasteiger partial charge is 0.142 e.